The van der Waals surface area contributed by atoms with Crippen molar-refractivity contribution in [1.82, 2.24) is 4.98 Å². The zero-order valence-corrected chi connectivity index (χ0v) is 12.2. The predicted molar refractivity (Wildman–Crippen MR) is 78.9 cm³/mol. The third-order valence-electron chi connectivity index (χ3n) is 2.96. The van der Waals surface area contributed by atoms with Crippen molar-refractivity contribution in [2.45, 2.75) is 5.33 Å². The molecule has 7 heteroatoms. The number of nitrogens with two attached hydrogens (primary N) is 1. The van der Waals surface area contributed by atoms with Crippen molar-refractivity contribution in [1.29, 1.82) is 10.5 Å². The Morgan fingerprint density at radius 2 is 1.95 bits per heavy atom. The van der Waals surface area contributed by atoms with Crippen molar-refractivity contribution < 1.29 is 4.39 Å². The first-order valence-electron chi connectivity index (χ1n) is 5.74. The quantitative estimate of drug-likeness (QED) is 0.814. The molecule has 0 saturated heterocycles. The molecule has 1 aromatic carbocycles. The van der Waals surface area contributed by atoms with E-state index in [1.807, 2.05) is 0 Å². The molecule has 1 heterocycles. The number of benzene rings is 1. The van der Waals surface area contributed by atoms with Crippen LogP contribution in [-0.4, -0.2) is 4.98 Å². The van der Waals surface area contributed by atoms with E-state index in [4.69, 9.17) is 11.0 Å². The maximum atomic E-state index is 14.5. The molecule has 1 aromatic heterocycles. The summed E-state index contributed by atoms with van der Waals surface area (Å²) in [6.45, 7) is 0. The van der Waals surface area contributed by atoms with Crippen LogP contribution in [0.5, 0.6) is 0 Å². The van der Waals surface area contributed by atoms with Crippen LogP contribution >= 0.6 is 15.9 Å². The lowest BCUT2D eigenvalue weighted by Gasteiger charge is -2.11. The molecule has 5 nitrogen and oxygen atoms in total. The Morgan fingerprint density at radius 1 is 1.29 bits per heavy atom. The van der Waals surface area contributed by atoms with Gasteiger partial charge in [-0.3, -0.25) is 4.79 Å². The molecule has 21 heavy (non-hydrogen) atoms. The number of alkyl halides is 1. The number of nitrogens with one attached hydrogen (secondary N) is 1. The smallest absolute Gasteiger partial charge is 0.268 e. The van der Waals surface area contributed by atoms with Crippen molar-refractivity contribution >= 4 is 21.7 Å². The van der Waals surface area contributed by atoms with Gasteiger partial charge in [-0.05, 0) is 5.56 Å². The van der Waals surface area contributed by atoms with Gasteiger partial charge < -0.3 is 10.7 Å². The van der Waals surface area contributed by atoms with Crippen molar-refractivity contribution in [3.05, 3.63) is 51.1 Å². The average Bonchev–Trinajstić information content (AvgIpc) is 2.47. The van der Waals surface area contributed by atoms with Crippen LogP contribution in [0, 0.1) is 28.5 Å². The minimum atomic E-state index is -0.757. The molecule has 0 aliphatic rings. The lowest BCUT2D eigenvalue weighted by molar-refractivity contribution is 0.621. The monoisotopic (exact) mass is 346 g/mol. The number of aromatic amines is 1. The van der Waals surface area contributed by atoms with Gasteiger partial charge in [0.1, 0.15) is 34.9 Å². The Bertz CT molecular complexity index is 861. The summed E-state index contributed by atoms with van der Waals surface area (Å²) < 4.78 is 14.5. The summed E-state index contributed by atoms with van der Waals surface area (Å²) in [5.41, 5.74) is 4.63. The number of nitrogens with zero attached hydrogens (tertiary/aromatic N) is 2. The fourth-order valence-electron chi connectivity index (χ4n) is 1.99. The summed E-state index contributed by atoms with van der Waals surface area (Å²) in [5.74, 6) is -0.799. The molecule has 0 aliphatic heterocycles. The van der Waals surface area contributed by atoms with E-state index in [1.165, 1.54) is 6.07 Å². The molecule has 0 spiro atoms. The van der Waals surface area contributed by atoms with Crippen LogP contribution in [0.25, 0.3) is 11.1 Å². The number of halogens is 2. The Morgan fingerprint density at radius 3 is 2.52 bits per heavy atom. The molecule has 0 atom stereocenters. The first-order valence-corrected chi connectivity index (χ1v) is 6.87. The van der Waals surface area contributed by atoms with E-state index >= 15 is 0 Å². The maximum absolute atomic E-state index is 14.5. The van der Waals surface area contributed by atoms with Crippen LogP contribution in [0.1, 0.15) is 16.7 Å². The minimum absolute atomic E-state index is 0.00199. The van der Waals surface area contributed by atoms with Gasteiger partial charge in [-0.15, -0.1) is 0 Å². The Kier molecular flexibility index (Phi) is 4.06. The van der Waals surface area contributed by atoms with Gasteiger partial charge in [0.2, 0.25) is 0 Å². The van der Waals surface area contributed by atoms with Gasteiger partial charge in [0.15, 0.2) is 0 Å². The summed E-state index contributed by atoms with van der Waals surface area (Å²) >= 11 is 3.15. The van der Waals surface area contributed by atoms with E-state index in [-0.39, 0.29) is 33.4 Å². The zero-order valence-electron chi connectivity index (χ0n) is 10.6. The number of nitriles is 2. The fourth-order valence-corrected chi connectivity index (χ4v) is 2.42. The maximum Gasteiger partial charge on any atom is 0.268 e. The SMILES string of the molecule is N#Cc1c(N)[nH]c(=O)c(C#N)c1-c1cccc(CBr)c1F. The normalized spacial score (nSPS) is 9.90. The second-order valence-electron chi connectivity index (χ2n) is 4.13. The van der Waals surface area contributed by atoms with Crippen molar-refractivity contribution in [2.75, 3.05) is 5.73 Å². The van der Waals surface area contributed by atoms with Gasteiger partial charge in [-0.2, -0.15) is 10.5 Å². The number of hydrogen-bond donors (Lipinski definition) is 2. The second-order valence-corrected chi connectivity index (χ2v) is 4.69. The summed E-state index contributed by atoms with van der Waals surface area (Å²) in [4.78, 5) is 14.0. The second kappa shape index (κ2) is 5.78. The van der Waals surface area contributed by atoms with Crippen LogP contribution in [0.15, 0.2) is 23.0 Å². The van der Waals surface area contributed by atoms with Crippen molar-refractivity contribution in [3.8, 4) is 23.3 Å². The highest BCUT2D eigenvalue weighted by Crippen LogP contribution is 2.31. The number of nitrogen functional groups attached to an aromatic ring is 1. The van der Waals surface area contributed by atoms with Gasteiger partial charge >= 0.3 is 0 Å². The number of hydrogen-bond acceptors (Lipinski definition) is 4. The van der Waals surface area contributed by atoms with Gasteiger partial charge in [-0.1, -0.05) is 34.1 Å². The predicted octanol–water partition coefficient (Wildman–Crippen LogP) is 2.40. The molecule has 0 fully saturated rings. The molecule has 0 bridgehead atoms. The highest BCUT2D eigenvalue weighted by atomic mass is 79.9. The third-order valence-corrected chi connectivity index (χ3v) is 3.56. The van der Waals surface area contributed by atoms with Crippen LogP contribution < -0.4 is 11.3 Å². The molecular weight excluding hydrogens is 339 g/mol. The van der Waals surface area contributed by atoms with Gasteiger partial charge in [-0.25, -0.2) is 4.39 Å². The lowest BCUT2D eigenvalue weighted by atomic mass is 9.95. The first kappa shape index (κ1) is 14.8. The molecule has 0 aliphatic carbocycles. The zero-order chi connectivity index (χ0) is 15.6. The number of pyridine rings is 1. The molecule has 0 amide bonds. The standard InChI is InChI=1S/C14H8BrFN4O/c15-4-7-2-1-3-8(12(7)16)11-9(5-17)13(19)20-14(21)10(11)6-18/h1-3H,4H2,(H3,19,20,21). The minimum Gasteiger partial charge on any atom is -0.384 e. The molecule has 3 N–H and O–H groups in total. The molecule has 0 radical (unpaired) electrons. The largest absolute Gasteiger partial charge is 0.384 e. The number of H-pyrrole nitrogens is 1. The third kappa shape index (κ3) is 2.39. The van der Waals surface area contributed by atoms with Gasteiger partial charge in [0, 0.05) is 16.5 Å². The first-order chi connectivity index (χ1) is 10.0. The van der Waals surface area contributed by atoms with E-state index in [0.29, 0.717) is 5.56 Å². The van der Waals surface area contributed by atoms with E-state index in [1.54, 1.807) is 24.3 Å². The summed E-state index contributed by atoms with van der Waals surface area (Å²) in [6.07, 6.45) is 0. The molecule has 104 valence electrons. The molecule has 0 unspecified atom stereocenters. The van der Waals surface area contributed by atoms with Crippen LogP contribution in [0.4, 0.5) is 10.2 Å². The van der Waals surface area contributed by atoms with Crippen molar-refractivity contribution in [3.63, 3.8) is 0 Å². The van der Waals surface area contributed by atoms with Gasteiger partial charge in [0.25, 0.3) is 5.56 Å². The van der Waals surface area contributed by atoms with Crippen LogP contribution in [0.2, 0.25) is 0 Å². The fraction of sp³-hybridized carbons (Fsp3) is 0.0714. The van der Waals surface area contributed by atoms with Gasteiger partial charge in [0.05, 0.1) is 0 Å². The number of anilines is 1. The van der Waals surface area contributed by atoms with E-state index in [9.17, 15) is 14.4 Å². The summed E-state index contributed by atoms with van der Waals surface area (Å²) in [6, 6.07) is 8.04. The highest BCUT2D eigenvalue weighted by Gasteiger charge is 2.21. The van der Waals surface area contributed by atoms with Crippen LogP contribution in [-0.2, 0) is 5.33 Å². The Hall–Kier alpha value is -2.64. The van der Waals surface area contributed by atoms with E-state index in [2.05, 4.69) is 20.9 Å². The highest BCUT2D eigenvalue weighted by molar-refractivity contribution is 9.08. The Balaban J connectivity index is 2.97. The lowest BCUT2D eigenvalue weighted by Crippen LogP contribution is -2.16. The molecule has 2 aromatic rings. The summed E-state index contributed by atoms with van der Waals surface area (Å²) in [7, 11) is 0. The molecular formula is C14H8BrFN4O. The van der Waals surface area contributed by atoms with E-state index < -0.39 is 11.4 Å². The topological polar surface area (TPSA) is 106 Å². The number of rotatable bonds is 2. The number of aromatic nitrogens is 1. The average molecular weight is 347 g/mol. The van der Waals surface area contributed by atoms with E-state index in [0.717, 1.165) is 0 Å². The molecule has 0 saturated carbocycles. The molecule has 2 rings (SSSR count). The van der Waals surface area contributed by atoms with Crippen molar-refractivity contribution in [2.24, 2.45) is 0 Å². The Labute approximate surface area is 127 Å². The van der Waals surface area contributed by atoms with Crippen LogP contribution in [0.3, 0.4) is 0 Å². The summed E-state index contributed by atoms with van der Waals surface area (Å²) in [5, 5.41) is 18.6.